The van der Waals surface area contributed by atoms with E-state index in [0.29, 0.717) is 110 Å². The smallest absolute Gasteiger partial charge is 0.308 e. The summed E-state index contributed by atoms with van der Waals surface area (Å²) in [7, 11) is 0. The molecule has 4 amide bonds. The lowest BCUT2D eigenvalue weighted by Gasteiger charge is -2.28. The zero-order valence-electron chi connectivity index (χ0n) is 37.4. The molecule has 15 nitrogen and oxygen atoms in total. The maximum Gasteiger partial charge on any atom is 0.308 e. The van der Waals surface area contributed by atoms with E-state index in [-0.39, 0.29) is 54.5 Å². The highest BCUT2D eigenvalue weighted by molar-refractivity contribution is 7.17. The Balaban J connectivity index is 0.979. The summed E-state index contributed by atoms with van der Waals surface area (Å²) in [5.41, 5.74) is 2.76. The van der Waals surface area contributed by atoms with Gasteiger partial charge in [-0.1, -0.05) is 18.6 Å². The number of hydrogen-bond acceptors (Lipinski definition) is 11. The molecule has 1 aliphatic rings. The number of unbranched alkanes of at least 4 members (excludes halogenated alkanes) is 2. The number of esters is 1. The molecule has 0 bridgehead atoms. The minimum atomic E-state index is -0.494. The number of fused-ring (bicyclic) bond motifs is 1. The maximum absolute atomic E-state index is 13.6. The topological polar surface area (TPSA) is 176 Å². The molecule has 1 saturated carbocycles. The first kappa shape index (κ1) is 50.3. The lowest BCUT2D eigenvalue weighted by atomic mass is 9.85. The van der Waals surface area contributed by atoms with Gasteiger partial charge in [-0.25, -0.2) is 0 Å². The van der Waals surface area contributed by atoms with Crippen molar-refractivity contribution in [3.05, 3.63) is 53.0 Å². The van der Waals surface area contributed by atoms with Gasteiger partial charge in [-0.15, -0.1) is 11.3 Å². The van der Waals surface area contributed by atoms with E-state index in [2.05, 4.69) is 16.0 Å². The van der Waals surface area contributed by atoms with E-state index >= 15 is 0 Å². The number of ether oxygens (including phenoxy) is 5. The second-order valence-electron chi connectivity index (χ2n) is 16.5. The van der Waals surface area contributed by atoms with Gasteiger partial charge in [-0.3, -0.25) is 24.0 Å². The minimum Gasteiger partial charge on any atom is -0.460 e. The molecule has 3 N–H and O–H groups in total. The number of rotatable bonds is 28. The quantitative estimate of drug-likeness (QED) is 0.0585. The van der Waals surface area contributed by atoms with Gasteiger partial charge in [-0.2, -0.15) is 0 Å². The fraction of sp³-hybridized carbons (Fsp3) is 0.630. The summed E-state index contributed by atoms with van der Waals surface area (Å²) in [5, 5.41) is 11.1. The first-order chi connectivity index (χ1) is 29.8. The van der Waals surface area contributed by atoms with E-state index in [1.807, 2.05) is 81.0 Å². The van der Waals surface area contributed by atoms with Crippen LogP contribution in [0.25, 0.3) is 10.2 Å². The number of aromatic nitrogens is 1. The van der Waals surface area contributed by atoms with Gasteiger partial charge in [0, 0.05) is 43.7 Å². The Morgan fingerprint density at radius 1 is 0.790 bits per heavy atom. The molecule has 62 heavy (non-hydrogen) atoms. The van der Waals surface area contributed by atoms with Gasteiger partial charge < -0.3 is 49.1 Å². The lowest BCUT2D eigenvalue weighted by molar-refractivity contribution is -0.156. The number of carbonyl (C=O) groups excluding carboxylic acids is 5. The van der Waals surface area contributed by atoms with Crippen molar-refractivity contribution in [2.45, 2.75) is 111 Å². The van der Waals surface area contributed by atoms with E-state index in [0.717, 1.165) is 40.7 Å². The summed E-state index contributed by atoms with van der Waals surface area (Å²) >= 11 is 1.54. The molecule has 1 fully saturated rings. The van der Waals surface area contributed by atoms with Crippen molar-refractivity contribution in [2.75, 3.05) is 77.4 Å². The van der Waals surface area contributed by atoms with Gasteiger partial charge in [0.15, 0.2) is 0 Å². The molecule has 0 aliphatic heterocycles. The van der Waals surface area contributed by atoms with Crippen LogP contribution in [0.3, 0.4) is 0 Å². The number of nitrogens with zero attached hydrogens (tertiary/aromatic N) is 2. The molecular weight excluding hydrogens is 815 g/mol. The van der Waals surface area contributed by atoms with Crippen molar-refractivity contribution in [2.24, 2.45) is 5.92 Å². The van der Waals surface area contributed by atoms with Crippen molar-refractivity contribution < 1.29 is 47.7 Å². The average Bonchev–Trinajstić information content (AvgIpc) is 3.83. The number of anilines is 1. The molecular formula is C46H69N5O10S. The fourth-order valence-corrected chi connectivity index (χ4v) is 8.04. The molecule has 2 heterocycles. The van der Waals surface area contributed by atoms with Crippen LogP contribution in [0.15, 0.2) is 41.8 Å². The molecule has 2 aromatic heterocycles. The second kappa shape index (κ2) is 27.0. The van der Waals surface area contributed by atoms with E-state index < -0.39 is 5.60 Å². The second-order valence-corrected chi connectivity index (χ2v) is 17.5. The van der Waals surface area contributed by atoms with Crippen LogP contribution in [0.5, 0.6) is 0 Å². The Bertz CT molecular complexity index is 1850. The highest BCUT2D eigenvalue weighted by Gasteiger charge is 2.29. The predicted octanol–water partition coefficient (Wildman–Crippen LogP) is 5.94. The van der Waals surface area contributed by atoms with Crippen LogP contribution in [0.2, 0.25) is 0 Å². The van der Waals surface area contributed by atoms with Gasteiger partial charge in [0.05, 0.1) is 69.5 Å². The number of benzene rings is 1. The first-order valence-corrected chi connectivity index (χ1v) is 23.0. The van der Waals surface area contributed by atoms with Crippen molar-refractivity contribution in [3.8, 4) is 0 Å². The van der Waals surface area contributed by atoms with Crippen LogP contribution in [-0.2, 0) is 49.4 Å². The van der Waals surface area contributed by atoms with Crippen molar-refractivity contribution >= 4 is 56.8 Å². The normalized spacial score (nSPS) is 15.3. The minimum absolute atomic E-state index is 0.0218. The number of hydrogen-bond donors (Lipinski definition) is 3. The van der Waals surface area contributed by atoms with Crippen LogP contribution in [0, 0.1) is 12.8 Å². The van der Waals surface area contributed by atoms with Gasteiger partial charge in [-0.05, 0) is 108 Å². The largest absolute Gasteiger partial charge is 0.460 e. The Hall–Kier alpha value is -4.35. The number of aryl methyl sites for hydroxylation is 1. The Kier molecular flexibility index (Phi) is 21.9. The monoisotopic (exact) mass is 883 g/mol. The Labute approximate surface area is 370 Å². The maximum atomic E-state index is 13.6. The average molecular weight is 884 g/mol. The molecule has 16 heteroatoms. The summed E-state index contributed by atoms with van der Waals surface area (Å²) in [5.74, 6) is -0.639. The summed E-state index contributed by atoms with van der Waals surface area (Å²) in [6.07, 6.45) is 5.79. The fourth-order valence-electron chi connectivity index (χ4n) is 7.22. The van der Waals surface area contributed by atoms with E-state index in [1.54, 1.807) is 16.2 Å². The van der Waals surface area contributed by atoms with Gasteiger partial charge in [0.2, 0.25) is 17.7 Å². The number of thiophene rings is 1. The van der Waals surface area contributed by atoms with Gasteiger partial charge >= 0.3 is 5.97 Å². The summed E-state index contributed by atoms with van der Waals surface area (Å²) in [6.45, 7) is 14.2. The van der Waals surface area contributed by atoms with Crippen LogP contribution >= 0.6 is 11.3 Å². The molecule has 0 atom stereocenters. The molecule has 1 aromatic carbocycles. The highest BCUT2D eigenvalue weighted by atomic mass is 32.1. The summed E-state index contributed by atoms with van der Waals surface area (Å²) in [6, 6.07) is 11.6. The Morgan fingerprint density at radius 2 is 1.47 bits per heavy atom. The number of nitrogens with one attached hydrogen (secondary N) is 3. The highest BCUT2D eigenvalue weighted by Crippen LogP contribution is 2.28. The number of likely N-dealkylation sites (N-methyl/N-ethyl adjacent to an activating group) is 1. The molecule has 4 rings (SSSR count). The van der Waals surface area contributed by atoms with Crippen LogP contribution in [0.4, 0.5) is 5.69 Å². The standard InChI is InChI=1S/C46H69N5O10S/c1-6-50(37-12-10-11-34(2)31-37)42(53)33-51-38-19-30-62-40(38)32-39(51)45(56)49-36-16-14-35(15-17-36)44(55)48-20-9-7-8-13-41(52)47-21-23-58-25-27-60-29-28-59-26-24-57-22-18-43(54)61-46(3,4)5/h10-12,19,30-32,35-36H,6-9,13-18,20-29,33H2,1-5H3,(H,47,52)(H,48,55)(H,49,56). The van der Waals surface area contributed by atoms with Crippen LogP contribution in [-0.4, -0.2) is 118 Å². The van der Waals surface area contributed by atoms with E-state index in [4.69, 9.17) is 23.7 Å². The Morgan fingerprint density at radius 3 is 2.13 bits per heavy atom. The van der Waals surface area contributed by atoms with Crippen molar-refractivity contribution in [1.82, 2.24) is 20.5 Å². The van der Waals surface area contributed by atoms with Crippen molar-refractivity contribution in [1.29, 1.82) is 0 Å². The van der Waals surface area contributed by atoms with E-state index in [1.165, 1.54) is 0 Å². The third-order valence-electron chi connectivity index (χ3n) is 10.3. The van der Waals surface area contributed by atoms with Crippen LogP contribution in [0.1, 0.15) is 102 Å². The number of carbonyl (C=O) groups is 5. The molecule has 0 spiro atoms. The summed E-state index contributed by atoms with van der Waals surface area (Å²) < 4.78 is 29.8. The lowest BCUT2D eigenvalue weighted by Crippen LogP contribution is -2.42. The third-order valence-corrected chi connectivity index (χ3v) is 11.2. The molecule has 0 radical (unpaired) electrons. The first-order valence-electron chi connectivity index (χ1n) is 22.2. The summed E-state index contributed by atoms with van der Waals surface area (Å²) in [4.78, 5) is 65.7. The molecule has 0 unspecified atom stereocenters. The molecule has 0 saturated heterocycles. The predicted molar refractivity (Wildman–Crippen MR) is 240 cm³/mol. The third kappa shape index (κ3) is 18.2. The van der Waals surface area contributed by atoms with Crippen LogP contribution < -0.4 is 20.9 Å². The van der Waals surface area contributed by atoms with Crippen molar-refractivity contribution in [3.63, 3.8) is 0 Å². The molecule has 1 aliphatic carbocycles. The van der Waals surface area contributed by atoms with Gasteiger partial charge in [0.1, 0.15) is 17.8 Å². The zero-order chi connectivity index (χ0) is 44.7. The molecule has 3 aromatic rings. The zero-order valence-corrected chi connectivity index (χ0v) is 38.2. The van der Waals surface area contributed by atoms with Gasteiger partial charge in [0.25, 0.3) is 5.91 Å². The molecule has 344 valence electrons. The van der Waals surface area contributed by atoms with E-state index in [9.17, 15) is 24.0 Å². The SMILES string of the molecule is CCN(C(=O)Cn1c(C(=O)NC2CCC(C(=O)NCCCCCC(=O)NCCOCCOCCOCCOCCC(=O)OC(C)(C)C)CC2)cc2sccc21)c1cccc(C)c1. The number of amides is 4.